The van der Waals surface area contributed by atoms with Crippen LogP contribution in [0, 0.1) is 12.8 Å². The standard InChI is InChI=1S/C22H28N4.2ClH/c1-16-11-19(18-7-8-20-21(12-18)26-15-25-20)13-24-22(16)14-23-10-9-17-5-3-2-4-6-17;;/h7-8,11-13,15,17,23H,2-6,9-10,14H2,1H3,(H,25,26);2*1H. The molecule has 2 heterocycles. The lowest BCUT2D eigenvalue weighted by Gasteiger charge is -2.21. The number of benzene rings is 1. The number of aromatic amines is 1. The molecule has 6 heteroatoms. The van der Waals surface area contributed by atoms with E-state index < -0.39 is 0 Å². The van der Waals surface area contributed by atoms with Gasteiger partial charge in [0.05, 0.1) is 23.1 Å². The van der Waals surface area contributed by atoms with Crippen molar-refractivity contribution < 1.29 is 0 Å². The first-order chi connectivity index (χ1) is 12.8. The van der Waals surface area contributed by atoms with Gasteiger partial charge in [-0.1, -0.05) is 38.2 Å². The quantitative estimate of drug-likeness (QED) is 0.492. The zero-order valence-electron chi connectivity index (χ0n) is 16.4. The highest BCUT2D eigenvalue weighted by Crippen LogP contribution is 2.26. The minimum Gasteiger partial charge on any atom is -0.345 e. The van der Waals surface area contributed by atoms with E-state index in [1.165, 1.54) is 44.1 Å². The van der Waals surface area contributed by atoms with Crippen molar-refractivity contribution in [3.05, 3.63) is 48.0 Å². The van der Waals surface area contributed by atoms with E-state index in [0.717, 1.165) is 46.9 Å². The van der Waals surface area contributed by atoms with E-state index >= 15 is 0 Å². The number of aromatic nitrogens is 3. The van der Waals surface area contributed by atoms with E-state index in [1.807, 2.05) is 6.20 Å². The van der Waals surface area contributed by atoms with Crippen molar-refractivity contribution in [2.24, 2.45) is 5.92 Å². The summed E-state index contributed by atoms with van der Waals surface area (Å²) in [6.07, 6.45) is 12.2. The molecule has 28 heavy (non-hydrogen) atoms. The highest BCUT2D eigenvalue weighted by atomic mass is 35.5. The molecule has 0 radical (unpaired) electrons. The van der Waals surface area contributed by atoms with Gasteiger partial charge < -0.3 is 10.3 Å². The lowest BCUT2D eigenvalue weighted by atomic mass is 9.87. The number of nitrogens with one attached hydrogen (secondary N) is 2. The van der Waals surface area contributed by atoms with Gasteiger partial charge in [-0.15, -0.1) is 24.8 Å². The molecule has 0 saturated heterocycles. The van der Waals surface area contributed by atoms with Gasteiger partial charge in [-0.05, 0) is 55.1 Å². The number of nitrogens with zero attached hydrogens (tertiary/aromatic N) is 2. The minimum atomic E-state index is 0. The number of aryl methyl sites for hydroxylation is 1. The Bertz CT molecular complexity index is 872. The van der Waals surface area contributed by atoms with Crippen LogP contribution in [0.3, 0.4) is 0 Å². The molecule has 1 saturated carbocycles. The van der Waals surface area contributed by atoms with Crippen molar-refractivity contribution in [2.75, 3.05) is 6.54 Å². The number of rotatable bonds is 6. The van der Waals surface area contributed by atoms with E-state index in [9.17, 15) is 0 Å². The van der Waals surface area contributed by atoms with Crippen LogP contribution >= 0.6 is 24.8 Å². The molecule has 4 nitrogen and oxygen atoms in total. The summed E-state index contributed by atoms with van der Waals surface area (Å²) in [5, 5.41) is 3.59. The molecule has 1 aliphatic carbocycles. The van der Waals surface area contributed by atoms with Crippen LogP contribution in [0.2, 0.25) is 0 Å². The van der Waals surface area contributed by atoms with Crippen LogP contribution in [-0.4, -0.2) is 21.5 Å². The Morgan fingerprint density at radius 3 is 2.64 bits per heavy atom. The van der Waals surface area contributed by atoms with Crippen LogP contribution in [0.1, 0.15) is 49.8 Å². The van der Waals surface area contributed by atoms with Gasteiger partial charge in [0.1, 0.15) is 0 Å². The van der Waals surface area contributed by atoms with Gasteiger partial charge in [0.2, 0.25) is 0 Å². The first-order valence-corrected chi connectivity index (χ1v) is 9.89. The fourth-order valence-corrected chi connectivity index (χ4v) is 4.05. The number of halogens is 2. The molecule has 4 rings (SSSR count). The van der Waals surface area contributed by atoms with Crippen molar-refractivity contribution >= 4 is 35.8 Å². The van der Waals surface area contributed by atoms with Gasteiger partial charge in [-0.25, -0.2) is 4.98 Å². The normalized spacial score (nSPS) is 14.5. The fraction of sp³-hybridized carbons (Fsp3) is 0.455. The summed E-state index contributed by atoms with van der Waals surface area (Å²) in [5.74, 6) is 0.935. The number of hydrogen-bond donors (Lipinski definition) is 2. The lowest BCUT2D eigenvalue weighted by molar-refractivity contribution is 0.333. The van der Waals surface area contributed by atoms with Crippen LogP contribution in [0.4, 0.5) is 0 Å². The van der Waals surface area contributed by atoms with Gasteiger partial charge >= 0.3 is 0 Å². The van der Waals surface area contributed by atoms with Crippen molar-refractivity contribution in [2.45, 2.75) is 52.0 Å². The second-order valence-electron chi connectivity index (χ2n) is 7.59. The smallest absolute Gasteiger partial charge is 0.0931 e. The maximum atomic E-state index is 4.72. The van der Waals surface area contributed by atoms with E-state index in [0.29, 0.717) is 0 Å². The largest absolute Gasteiger partial charge is 0.345 e. The predicted octanol–water partition coefficient (Wildman–Crippen LogP) is 5.84. The average Bonchev–Trinajstić information content (AvgIpc) is 3.15. The summed E-state index contributed by atoms with van der Waals surface area (Å²) in [5.41, 5.74) is 6.77. The average molecular weight is 421 g/mol. The Kier molecular flexibility index (Phi) is 8.74. The molecule has 0 aliphatic heterocycles. The first-order valence-electron chi connectivity index (χ1n) is 9.89. The molecule has 1 aliphatic rings. The van der Waals surface area contributed by atoms with E-state index in [2.05, 4.69) is 46.5 Å². The zero-order valence-corrected chi connectivity index (χ0v) is 18.0. The van der Waals surface area contributed by atoms with Gasteiger partial charge in [0, 0.05) is 18.3 Å². The molecule has 2 N–H and O–H groups in total. The van der Waals surface area contributed by atoms with Gasteiger partial charge in [-0.2, -0.15) is 0 Å². The minimum absolute atomic E-state index is 0. The second kappa shape index (κ2) is 10.8. The van der Waals surface area contributed by atoms with Crippen molar-refractivity contribution in [1.29, 1.82) is 0 Å². The summed E-state index contributed by atoms with van der Waals surface area (Å²) >= 11 is 0. The topological polar surface area (TPSA) is 53.6 Å². The Labute approximate surface area is 179 Å². The number of fused-ring (bicyclic) bond motifs is 1. The van der Waals surface area contributed by atoms with Crippen LogP contribution in [0.5, 0.6) is 0 Å². The molecular weight excluding hydrogens is 391 g/mol. The first kappa shape index (κ1) is 22.7. The third kappa shape index (κ3) is 5.47. The predicted molar refractivity (Wildman–Crippen MR) is 121 cm³/mol. The summed E-state index contributed by atoms with van der Waals surface area (Å²) in [4.78, 5) is 12.2. The maximum absolute atomic E-state index is 4.72. The Balaban J connectivity index is 0.00000140. The zero-order chi connectivity index (χ0) is 17.8. The monoisotopic (exact) mass is 420 g/mol. The van der Waals surface area contributed by atoms with Gasteiger partial charge in [-0.3, -0.25) is 4.98 Å². The molecular formula is C22H30Cl2N4. The van der Waals surface area contributed by atoms with Gasteiger partial charge in [0.25, 0.3) is 0 Å². The SMILES string of the molecule is Cc1cc(-c2ccc3[nH]cnc3c2)cnc1CNCCC1CCCCC1.Cl.Cl. The van der Waals surface area contributed by atoms with E-state index in [1.54, 1.807) is 6.33 Å². The van der Waals surface area contributed by atoms with Gasteiger partial charge in [0.15, 0.2) is 0 Å². The van der Waals surface area contributed by atoms with Crippen LogP contribution in [0.25, 0.3) is 22.2 Å². The van der Waals surface area contributed by atoms with Crippen molar-refractivity contribution in [3.63, 3.8) is 0 Å². The number of H-pyrrole nitrogens is 1. The summed E-state index contributed by atoms with van der Waals surface area (Å²) in [6.45, 7) is 4.11. The molecule has 152 valence electrons. The highest BCUT2D eigenvalue weighted by Gasteiger charge is 2.12. The van der Waals surface area contributed by atoms with Crippen LogP contribution in [0.15, 0.2) is 36.8 Å². The molecule has 0 spiro atoms. The molecule has 1 aromatic carbocycles. The molecule has 1 fully saturated rings. The summed E-state index contributed by atoms with van der Waals surface area (Å²) in [6, 6.07) is 8.55. The number of pyridine rings is 1. The number of imidazole rings is 1. The Hall–Kier alpha value is -1.62. The van der Waals surface area contributed by atoms with Crippen LogP contribution < -0.4 is 5.32 Å². The molecule has 0 unspecified atom stereocenters. The molecule has 0 amide bonds. The Morgan fingerprint density at radius 1 is 1.04 bits per heavy atom. The maximum Gasteiger partial charge on any atom is 0.0931 e. The van der Waals surface area contributed by atoms with E-state index in [-0.39, 0.29) is 24.8 Å². The third-order valence-electron chi connectivity index (χ3n) is 5.69. The lowest BCUT2D eigenvalue weighted by Crippen LogP contribution is -2.20. The summed E-state index contributed by atoms with van der Waals surface area (Å²) < 4.78 is 0. The van der Waals surface area contributed by atoms with Crippen molar-refractivity contribution in [3.8, 4) is 11.1 Å². The molecule has 0 bridgehead atoms. The fourth-order valence-electron chi connectivity index (χ4n) is 4.05. The molecule has 2 aromatic heterocycles. The Morgan fingerprint density at radius 2 is 1.86 bits per heavy atom. The summed E-state index contributed by atoms with van der Waals surface area (Å²) in [7, 11) is 0. The van der Waals surface area contributed by atoms with Crippen LogP contribution in [-0.2, 0) is 6.54 Å². The third-order valence-corrected chi connectivity index (χ3v) is 5.69. The second-order valence-corrected chi connectivity index (χ2v) is 7.59. The molecule has 0 atom stereocenters. The molecule has 3 aromatic rings. The highest BCUT2D eigenvalue weighted by molar-refractivity contribution is 5.85. The van der Waals surface area contributed by atoms with Crippen molar-refractivity contribution in [1.82, 2.24) is 20.3 Å². The number of hydrogen-bond acceptors (Lipinski definition) is 3. The van der Waals surface area contributed by atoms with E-state index in [4.69, 9.17) is 4.98 Å².